The van der Waals surface area contributed by atoms with Gasteiger partial charge in [0, 0.05) is 16.3 Å². The summed E-state index contributed by atoms with van der Waals surface area (Å²) in [5.41, 5.74) is 0.607. The molecule has 0 fully saturated rings. The van der Waals surface area contributed by atoms with Gasteiger partial charge in [-0.15, -0.1) is 11.3 Å². The van der Waals surface area contributed by atoms with Crippen molar-refractivity contribution in [3.63, 3.8) is 0 Å². The highest BCUT2D eigenvalue weighted by atomic mass is 35.5. The quantitative estimate of drug-likeness (QED) is 0.392. The Hall–Kier alpha value is -2.39. The van der Waals surface area contributed by atoms with Gasteiger partial charge in [0.15, 0.2) is 6.61 Å². The first-order valence-corrected chi connectivity index (χ1v) is 11.2. The first-order valence-electron chi connectivity index (χ1n) is 8.08. The number of Topliss-reactive ketones (excluding diaryl/α,β-unsaturated/α-hetero) is 1. The Kier molecular flexibility index (Phi) is 6.59. The van der Waals surface area contributed by atoms with Crippen LogP contribution < -0.4 is 4.72 Å². The van der Waals surface area contributed by atoms with Crippen LogP contribution in [-0.4, -0.2) is 26.8 Å². The van der Waals surface area contributed by atoms with Gasteiger partial charge in [-0.05, 0) is 53.9 Å². The number of rotatable bonds is 7. The predicted octanol–water partition coefficient (Wildman–Crippen LogP) is 4.90. The molecule has 10 heteroatoms. The van der Waals surface area contributed by atoms with E-state index in [9.17, 15) is 18.0 Å². The Morgan fingerprint density at radius 1 is 1.03 bits per heavy atom. The summed E-state index contributed by atoms with van der Waals surface area (Å²) in [5, 5.41) is 2.20. The maximum atomic E-state index is 12.2. The number of halogens is 2. The lowest BCUT2D eigenvalue weighted by Gasteiger charge is -2.08. The van der Waals surface area contributed by atoms with Gasteiger partial charge in [-0.25, -0.2) is 13.2 Å². The number of carbonyl (C=O) groups is 2. The summed E-state index contributed by atoms with van der Waals surface area (Å²) < 4.78 is 32.0. The zero-order valence-electron chi connectivity index (χ0n) is 14.6. The van der Waals surface area contributed by atoms with E-state index in [2.05, 4.69) is 4.72 Å². The van der Waals surface area contributed by atoms with Gasteiger partial charge in [-0.3, -0.25) is 9.52 Å². The number of thiophene rings is 1. The van der Waals surface area contributed by atoms with Crippen molar-refractivity contribution in [3.8, 4) is 0 Å². The van der Waals surface area contributed by atoms with Crippen molar-refractivity contribution < 1.29 is 22.7 Å². The third kappa shape index (κ3) is 5.36. The molecule has 0 aliphatic heterocycles. The van der Waals surface area contributed by atoms with Gasteiger partial charge >= 0.3 is 5.97 Å². The fraction of sp³-hybridized carbons (Fsp3) is 0.0526. The molecule has 0 unspecified atom stereocenters. The molecule has 3 aromatic rings. The molecular weight excluding hydrogens is 457 g/mol. The number of hydrogen-bond donors (Lipinski definition) is 1. The van der Waals surface area contributed by atoms with E-state index in [1.165, 1.54) is 42.5 Å². The van der Waals surface area contributed by atoms with Crippen LogP contribution in [0.3, 0.4) is 0 Å². The molecule has 0 radical (unpaired) electrons. The van der Waals surface area contributed by atoms with Crippen molar-refractivity contribution in [2.75, 3.05) is 11.3 Å². The van der Waals surface area contributed by atoms with Crippen LogP contribution in [0.15, 0.2) is 64.2 Å². The normalized spacial score (nSPS) is 11.1. The van der Waals surface area contributed by atoms with Gasteiger partial charge in [-0.1, -0.05) is 29.3 Å². The van der Waals surface area contributed by atoms with Crippen molar-refractivity contribution in [2.24, 2.45) is 0 Å². The molecule has 0 spiro atoms. The summed E-state index contributed by atoms with van der Waals surface area (Å²) in [7, 11) is -3.68. The van der Waals surface area contributed by atoms with Gasteiger partial charge in [0.05, 0.1) is 10.6 Å². The van der Waals surface area contributed by atoms with Crippen LogP contribution in [0.2, 0.25) is 10.0 Å². The number of sulfonamides is 1. The molecule has 2 aromatic carbocycles. The standard InChI is InChI=1S/C19H13Cl2NO5S2/c20-13-5-8-16(21)15(10-13)17(23)11-27-19(24)12-3-6-14(7-4-12)22-29(25,26)18-2-1-9-28-18/h1-10,22H,11H2. The lowest BCUT2D eigenvalue weighted by atomic mass is 10.1. The zero-order valence-corrected chi connectivity index (χ0v) is 17.7. The molecule has 0 amide bonds. The van der Waals surface area contributed by atoms with Crippen molar-refractivity contribution in [3.05, 3.63) is 81.1 Å². The van der Waals surface area contributed by atoms with Crippen molar-refractivity contribution in [1.82, 2.24) is 0 Å². The second kappa shape index (κ2) is 8.96. The smallest absolute Gasteiger partial charge is 0.338 e. The van der Waals surface area contributed by atoms with E-state index in [-0.39, 0.29) is 26.0 Å². The second-order valence-electron chi connectivity index (χ2n) is 5.74. The molecule has 29 heavy (non-hydrogen) atoms. The number of benzene rings is 2. The lowest BCUT2D eigenvalue weighted by Crippen LogP contribution is -2.15. The van der Waals surface area contributed by atoms with E-state index < -0.39 is 28.4 Å². The molecule has 1 aromatic heterocycles. The largest absolute Gasteiger partial charge is 0.454 e. The molecule has 3 rings (SSSR count). The Morgan fingerprint density at radius 3 is 2.41 bits per heavy atom. The second-order valence-corrected chi connectivity index (χ2v) is 9.44. The number of nitrogens with one attached hydrogen (secondary N) is 1. The number of ketones is 1. The van der Waals surface area contributed by atoms with E-state index in [4.69, 9.17) is 27.9 Å². The molecular formula is C19H13Cl2NO5S2. The summed E-state index contributed by atoms with van der Waals surface area (Å²) in [4.78, 5) is 24.3. The van der Waals surface area contributed by atoms with Crippen LogP contribution in [0.5, 0.6) is 0 Å². The summed E-state index contributed by atoms with van der Waals surface area (Å²) in [6.07, 6.45) is 0. The Labute approximate surface area is 181 Å². The zero-order chi connectivity index (χ0) is 21.0. The average Bonchev–Trinajstić information content (AvgIpc) is 3.24. The van der Waals surface area contributed by atoms with Crippen molar-refractivity contribution >= 4 is 62.0 Å². The number of ether oxygens (including phenoxy) is 1. The van der Waals surface area contributed by atoms with Gasteiger partial charge in [0.25, 0.3) is 10.0 Å². The highest BCUT2D eigenvalue weighted by Gasteiger charge is 2.17. The Balaban J connectivity index is 1.62. The maximum absolute atomic E-state index is 12.2. The fourth-order valence-electron chi connectivity index (χ4n) is 2.30. The Morgan fingerprint density at radius 2 is 1.76 bits per heavy atom. The number of hydrogen-bond acceptors (Lipinski definition) is 6. The molecule has 1 N–H and O–H groups in total. The predicted molar refractivity (Wildman–Crippen MR) is 113 cm³/mol. The number of carbonyl (C=O) groups excluding carboxylic acids is 2. The van der Waals surface area contributed by atoms with Gasteiger partial charge in [-0.2, -0.15) is 0 Å². The lowest BCUT2D eigenvalue weighted by molar-refractivity contribution is 0.0475. The van der Waals surface area contributed by atoms with Gasteiger partial charge in [0.2, 0.25) is 5.78 Å². The van der Waals surface area contributed by atoms with Crippen molar-refractivity contribution in [1.29, 1.82) is 0 Å². The first kappa shape index (κ1) is 21.3. The minimum absolute atomic E-state index is 0.158. The third-order valence-corrected chi connectivity index (χ3v) is 7.04. The van der Waals surface area contributed by atoms with Crippen LogP contribution in [0.1, 0.15) is 20.7 Å². The van der Waals surface area contributed by atoms with E-state index in [1.807, 2.05) is 0 Å². The van der Waals surface area contributed by atoms with Crippen LogP contribution in [0.25, 0.3) is 0 Å². The third-order valence-electron chi connectivity index (χ3n) is 3.70. The topological polar surface area (TPSA) is 89.5 Å². The average molecular weight is 470 g/mol. The van der Waals surface area contributed by atoms with Gasteiger partial charge < -0.3 is 4.74 Å². The van der Waals surface area contributed by atoms with Gasteiger partial charge in [0.1, 0.15) is 4.21 Å². The molecule has 0 saturated carbocycles. The van der Waals surface area contributed by atoms with Crippen molar-refractivity contribution in [2.45, 2.75) is 4.21 Å². The minimum Gasteiger partial charge on any atom is -0.454 e. The summed E-state index contributed by atoms with van der Waals surface area (Å²) in [6, 6.07) is 13.2. The summed E-state index contributed by atoms with van der Waals surface area (Å²) >= 11 is 12.9. The van der Waals surface area contributed by atoms with E-state index in [1.54, 1.807) is 17.5 Å². The summed E-state index contributed by atoms with van der Waals surface area (Å²) in [6.45, 7) is -0.508. The van der Waals surface area contributed by atoms with Crippen LogP contribution in [0.4, 0.5) is 5.69 Å². The van der Waals surface area contributed by atoms with E-state index in [0.29, 0.717) is 5.02 Å². The highest BCUT2D eigenvalue weighted by molar-refractivity contribution is 7.94. The molecule has 1 heterocycles. The molecule has 0 saturated heterocycles. The molecule has 0 aliphatic carbocycles. The van der Waals surface area contributed by atoms with Crippen LogP contribution >= 0.6 is 34.5 Å². The van der Waals surface area contributed by atoms with E-state index >= 15 is 0 Å². The Bertz CT molecular complexity index is 1140. The number of esters is 1. The minimum atomic E-state index is -3.68. The fourth-order valence-corrected chi connectivity index (χ4v) is 4.75. The van der Waals surface area contributed by atoms with Crippen LogP contribution in [-0.2, 0) is 14.8 Å². The SMILES string of the molecule is O=C(OCC(=O)c1cc(Cl)ccc1Cl)c1ccc(NS(=O)(=O)c2cccs2)cc1. The van der Waals surface area contributed by atoms with Crippen LogP contribution in [0, 0.1) is 0 Å². The maximum Gasteiger partial charge on any atom is 0.338 e. The molecule has 0 atom stereocenters. The summed E-state index contributed by atoms with van der Waals surface area (Å²) in [5.74, 6) is -1.23. The molecule has 0 bridgehead atoms. The molecule has 150 valence electrons. The van der Waals surface area contributed by atoms with E-state index in [0.717, 1.165) is 11.3 Å². The highest BCUT2D eigenvalue weighted by Crippen LogP contribution is 2.22. The molecule has 0 aliphatic rings. The first-order chi connectivity index (χ1) is 13.8. The monoisotopic (exact) mass is 469 g/mol. The number of anilines is 1. The molecule has 6 nitrogen and oxygen atoms in total.